The number of hydrogen-bond donors (Lipinski definition) is 2. The molecule has 2 nitrogen and oxygen atoms in total. The molecule has 0 aromatic heterocycles. The number of hydrogen-bond acceptors (Lipinski definition) is 3. The van der Waals surface area contributed by atoms with Crippen LogP contribution >= 0.6 is 24.2 Å². The van der Waals surface area contributed by atoms with E-state index in [-0.39, 0.29) is 40.9 Å². The molecule has 0 spiro atoms. The summed E-state index contributed by atoms with van der Waals surface area (Å²) in [6.45, 7) is 0. The fraction of sp³-hybridized carbons (Fsp3) is 0. The molecule has 0 aliphatic heterocycles. The van der Waals surface area contributed by atoms with Crippen molar-refractivity contribution in [2.45, 2.75) is 4.90 Å². The van der Waals surface area contributed by atoms with Gasteiger partial charge in [-0.3, -0.25) is 4.79 Å². The van der Waals surface area contributed by atoms with Gasteiger partial charge >= 0.3 is 29.6 Å². The second kappa shape index (κ2) is 5.14. The Morgan fingerprint density at radius 3 is 2.50 bits per heavy atom. The number of thiol groups is 1. The minimum absolute atomic E-state index is 0. The molecule has 1 aromatic rings. The average Bonchev–Trinajstić information content (AvgIpc) is 1.94. The van der Waals surface area contributed by atoms with E-state index >= 15 is 0 Å². The molecule has 60 valence electrons. The summed E-state index contributed by atoms with van der Waals surface area (Å²) in [6.07, 6.45) is 0. The van der Waals surface area contributed by atoms with E-state index in [2.05, 4.69) is 12.6 Å². The second-order valence-corrected chi connectivity index (χ2v) is 2.80. The molecule has 0 bridgehead atoms. The van der Waals surface area contributed by atoms with E-state index in [1.54, 1.807) is 0 Å². The normalized spacial score (nSPS) is 8.83. The third kappa shape index (κ3) is 2.99. The van der Waals surface area contributed by atoms with Crippen molar-refractivity contribution in [1.29, 1.82) is 0 Å². The Morgan fingerprint density at radius 2 is 2.08 bits per heavy atom. The molecule has 12 heavy (non-hydrogen) atoms. The number of phenols is 1. The summed E-state index contributed by atoms with van der Waals surface area (Å²) in [6, 6.07) is 4.28. The van der Waals surface area contributed by atoms with Crippen LogP contribution in [0, 0.1) is 0 Å². The summed E-state index contributed by atoms with van der Waals surface area (Å²) in [5, 5.41) is 8.47. The van der Waals surface area contributed by atoms with E-state index in [0.717, 1.165) is 0 Å². The first-order valence-electron chi connectivity index (χ1n) is 2.83. The Balaban J connectivity index is 0.00000121. The summed E-state index contributed by atoms with van der Waals surface area (Å²) in [7, 11) is 0. The zero-order chi connectivity index (χ0) is 8.43. The molecule has 0 fully saturated rings. The van der Waals surface area contributed by atoms with Crippen molar-refractivity contribution in [2.75, 3.05) is 0 Å². The molecule has 1 rings (SSSR count). The maximum absolute atomic E-state index is 10.5. The van der Waals surface area contributed by atoms with Gasteiger partial charge in [0.05, 0.1) is 0 Å². The van der Waals surface area contributed by atoms with Gasteiger partial charge in [-0.05, 0) is 29.8 Å². The van der Waals surface area contributed by atoms with Crippen LogP contribution in [0.4, 0.5) is 0 Å². The number of benzene rings is 1. The Morgan fingerprint density at radius 1 is 1.50 bits per heavy atom. The Bertz CT molecular complexity index is 303. The van der Waals surface area contributed by atoms with Crippen molar-refractivity contribution in [3.63, 3.8) is 0 Å². The van der Waals surface area contributed by atoms with Crippen molar-refractivity contribution in [1.82, 2.24) is 0 Å². The first-order chi connectivity index (χ1) is 5.11. The van der Waals surface area contributed by atoms with Gasteiger partial charge in [-0.2, -0.15) is 0 Å². The van der Waals surface area contributed by atoms with Gasteiger partial charge in [0, 0.05) is 10.5 Å². The number of halogens is 1. The fourth-order valence-electron chi connectivity index (χ4n) is 0.646. The van der Waals surface area contributed by atoms with E-state index in [4.69, 9.17) is 16.7 Å². The average molecular weight is 213 g/mol. The minimum atomic E-state index is -0.589. The summed E-state index contributed by atoms with van der Waals surface area (Å²) in [5.74, 6) is -0.0418. The molecule has 0 saturated carbocycles. The van der Waals surface area contributed by atoms with Crippen molar-refractivity contribution < 1.29 is 9.90 Å². The van der Waals surface area contributed by atoms with Gasteiger partial charge in [0.25, 0.3) is 5.24 Å². The number of aromatic hydroxyl groups is 1. The number of carbonyl (C=O) groups excluding carboxylic acids is 1. The van der Waals surface area contributed by atoms with E-state index in [1.807, 2.05) is 0 Å². The van der Waals surface area contributed by atoms with Crippen LogP contribution < -0.4 is 0 Å². The van der Waals surface area contributed by atoms with Crippen molar-refractivity contribution >= 4 is 59.0 Å². The van der Waals surface area contributed by atoms with Crippen LogP contribution in [-0.4, -0.2) is 39.9 Å². The van der Waals surface area contributed by atoms with Crippen LogP contribution in [0.3, 0.4) is 0 Å². The topological polar surface area (TPSA) is 37.3 Å². The van der Waals surface area contributed by atoms with E-state index in [9.17, 15) is 4.79 Å². The maximum atomic E-state index is 10.5. The van der Waals surface area contributed by atoms with E-state index < -0.39 is 5.24 Å². The molecule has 0 amide bonds. The van der Waals surface area contributed by atoms with Gasteiger partial charge in [0.2, 0.25) is 0 Å². The summed E-state index contributed by atoms with van der Waals surface area (Å²) < 4.78 is 0. The second-order valence-electron chi connectivity index (χ2n) is 1.98. The van der Waals surface area contributed by atoms with Gasteiger partial charge in [-0.15, -0.1) is 12.6 Å². The first-order valence-corrected chi connectivity index (χ1v) is 3.65. The predicted octanol–water partition coefficient (Wildman–Crippen LogP) is 1.41. The summed E-state index contributed by atoms with van der Waals surface area (Å²) >= 11 is 9.06. The molecule has 0 aliphatic carbocycles. The molecular formula is C7H6ClNaO2S. The van der Waals surface area contributed by atoms with Crippen molar-refractivity contribution in [3.05, 3.63) is 23.8 Å². The Hall–Kier alpha value is 0.330. The molecule has 0 heterocycles. The van der Waals surface area contributed by atoms with Crippen LogP contribution in [0.15, 0.2) is 23.1 Å². The van der Waals surface area contributed by atoms with Crippen LogP contribution in [0.1, 0.15) is 10.4 Å². The molecule has 0 atom stereocenters. The molecule has 0 saturated heterocycles. The fourth-order valence-corrected chi connectivity index (χ4v) is 0.902. The number of phenolic OH excluding ortho intramolecular Hbond substituents is 1. The van der Waals surface area contributed by atoms with Gasteiger partial charge in [-0.1, -0.05) is 0 Å². The van der Waals surface area contributed by atoms with E-state index in [0.29, 0.717) is 4.90 Å². The molecule has 1 aromatic carbocycles. The third-order valence-corrected chi connectivity index (χ3v) is 1.80. The van der Waals surface area contributed by atoms with E-state index in [1.165, 1.54) is 18.2 Å². The van der Waals surface area contributed by atoms with Crippen LogP contribution in [0.25, 0.3) is 0 Å². The van der Waals surface area contributed by atoms with Crippen molar-refractivity contribution in [2.24, 2.45) is 0 Å². The van der Waals surface area contributed by atoms with Gasteiger partial charge in [-0.25, -0.2) is 0 Å². The van der Waals surface area contributed by atoms with Gasteiger partial charge < -0.3 is 5.11 Å². The number of rotatable bonds is 1. The van der Waals surface area contributed by atoms with Crippen LogP contribution in [-0.2, 0) is 0 Å². The molecule has 0 unspecified atom stereocenters. The van der Waals surface area contributed by atoms with Crippen LogP contribution in [0.5, 0.6) is 5.75 Å². The Kier molecular flexibility index (Phi) is 5.29. The van der Waals surface area contributed by atoms with Gasteiger partial charge in [0.1, 0.15) is 5.75 Å². The summed E-state index contributed by atoms with van der Waals surface area (Å²) in [4.78, 5) is 11.0. The molecular weight excluding hydrogens is 207 g/mol. The zero-order valence-corrected chi connectivity index (χ0v) is 7.06. The third-order valence-electron chi connectivity index (χ3n) is 1.20. The SMILES string of the molecule is O=C(Cl)c1ccc(S)c(O)c1.[NaH]. The molecule has 0 aliphatic rings. The quantitative estimate of drug-likeness (QED) is 0.420. The predicted molar refractivity (Wildman–Crippen MR) is 52.7 cm³/mol. The molecule has 0 radical (unpaired) electrons. The zero-order valence-electron chi connectivity index (χ0n) is 5.41. The Labute approximate surface area is 103 Å². The summed E-state index contributed by atoms with van der Waals surface area (Å²) in [5.41, 5.74) is 0.266. The van der Waals surface area contributed by atoms with Crippen LogP contribution in [0.2, 0.25) is 0 Å². The monoisotopic (exact) mass is 212 g/mol. The first kappa shape index (κ1) is 12.3. The standard InChI is InChI=1S/C7H5ClO2S.Na.H/c8-7(10)4-1-2-6(11)5(9)3-4;;/h1-3,9,11H;;. The van der Waals surface area contributed by atoms with Gasteiger partial charge in [0.15, 0.2) is 0 Å². The number of carbonyl (C=O) groups is 1. The molecule has 5 heteroatoms. The van der Waals surface area contributed by atoms with Crippen molar-refractivity contribution in [3.8, 4) is 5.75 Å². The molecule has 1 N–H and O–H groups in total.